The predicted octanol–water partition coefficient (Wildman–Crippen LogP) is 5.49. The highest BCUT2D eigenvalue weighted by Crippen LogP contribution is 2.33. The molecule has 9 heteroatoms. The molecule has 1 fully saturated rings. The van der Waals surface area contributed by atoms with Crippen molar-refractivity contribution in [3.8, 4) is 22.6 Å². The highest BCUT2D eigenvalue weighted by atomic mass is 16.5. The van der Waals surface area contributed by atoms with Gasteiger partial charge in [0.1, 0.15) is 23.9 Å². The number of hydrogen-bond acceptors (Lipinski definition) is 8. The molecule has 1 aliphatic rings. The van der Waals surface area contributed by atoms with Crippen LogP contribution in [0.15, 0.2) is 66.9 Å². The third-order valence-electron chi connectivity index (χ3n) is 7.46. The molecule has 210 valence electrons. The van der Waals surface area contributed by atoms with E-state index in [9.17, 15) is 4.79 Å². The van der Waals surface area contributed by atoms with Crippen molar-refractivity contribution in [2.24, 2.45) is 0 Å². The van der Waals surface area contributed by atoms with Gasteiger partial charge in [-0.2, -0.15) is 5.10 Å². The molecule has 0 spiro atoms. The average Bonchev–Trinajstić information content (AvgIpc) is 3.65. The maximum Gasteiger partial charge on any atom is 0.310 e. The molecular weight excluding hydrogens is 520 g/mol. The van der Waals surface area contributed by atoms with Gasteiger partial charge in [0, 0.05) is 35.2 Å². The van der Waals surface area contributed by atoms with Crippen molar-refractivity contribution >= 4 is 33.5 Å². The van der Waals surface area contributed by atoms with Gasteiger partial charge in [-0.25, -0.2) is 4.98 Å². The van der Waals surface area contributed by atoms with Crippen LogP contribution in [-0.4, -0.2) is 47.7 Å². The first kappa shape index (κ1) is 26.6. The van der Waals surface area contributed by atoms with E-state index in [-0.39, 0.29) is 25.0 Å². The highest BCUT2D eigenvalue weighted by Gasteiger charge is 2.24. The van der Waals surface area contributed by atoms with Crippen molar-refractivity contribution in [3.63, 3.8) is 0 Å². The fourth-order valence-corrected chi connectivity index (χ4v) is 5.32. The normalized spacial score (nSPS) is 14.9. The van der Waals surface area contributed by atoms with E-state index >= 15 is 0 Å². The summed E-state index contributed by atoms with van der Waals surface area (Å²) in [5.41, 5.74) is 10.8. The minimum absolute atomic E-state index is 0.105. The van der Waals surface area contributed by atoms with Crippen LogP contribution in [-0.2, 0) is 27.3 Å². The minimum atomic E-state index is -0.308. The highest BCUT2D eigenvalue weighted by molar-refractivity contribution is 5.95. The summed E-state index contributed by atoms with van der Waals surface area (Å²) in [6, 6.07) is 20.0. The number of methoxy groups -OCH3 is 1. The van der Waals surface area contributed by atoms with Gasteiger partial charge in [0.2, 0.25) is 0 Å². The van der Waals surface area contributed by atoms with Gasteiger partial charge in [0.25, 0.3) is 0 Å². The van der Waals surface area contributed by atoms with Crippen molar-refractivity contribution in [2.45, 2.75) is 32.4 Å². The van der Waals surface area contributed by atoms with Crippen molar-refractivity contribution in [3.05, 3.63) is 78.1 Å². The molecule has 1 aliphatic heterocycles. The van der Waals surface area contributed by atoms with Crippen LogP contribution in [0.4, 0.5) is 5.82 Å². The number of nitrogen functional groups attached to an aromatic ring is 1. The van der Waals surface area contributed by atoms with Crippen LogP contribution >= 0.6 is 0 Å². The quantitative estimate of drug-likeness (QED) is 0.239. The van der Waals surface area contributed by atoms with Crippen LogP contribution in [0, 0.1) is 0 Å². The lowest BCUT2D eigenvalue weighted by Crippen LogP contribution is -2.15. The standard InChI is InChI=1S/C32H32N4O5/c1-3-40-31(37)16-23-6-8-25(38-2)17-30(23)41-19-29-27-15-22(7-9-28(27)35-36(29)24-11-13-39-18-24)21-5-4-20-10-12-34-32(33)26(20)14-21/h4-10,12,14-15,17,24H,3,11,13,16,18-19H2,1-2H3,(H2,33,34). The first-order valence-corrected chi connectivity index (χ1v) is 13.7. The van der Waals surface area contributed by atoms with Gasteiger partial charge in [-0.1, -0.05) is 24.3 Å². The lowest BCUT2D eigenvalue weighted by atomic mass is 10.00. The number of carbonyl (C=O) groups excluding carboxylic acids is 1. The van der Waals surface area contributed by atoms with Crippen molar-refractivity contribution in [1.82, 2.24) is 14.8 Å². The maximum absolute atomic E-state index is 12.3. The van der Waals surface area contributed by atoms with Crippen LogP contribution < -0.4 is 15.2 Å². The monoisotopic (exact) mass is 552 g/mol. The summed E-state index contributed by atoms with van der Waals surface area (Å²) in [6.07, 6.45) is 2.70. The van der Waals surface area contributed by atoms with E-state index in [2.05, 4.69) is 35.3 Å². The zero-order valence-electron chi connectivity index (χ0n) is 23.1. The molecule has 41 heavy (non-hydrogen) atoms. The molecule has 0 bridgehead atoms. The summed E-state index contributed by atoms with van der Waals surface area (Å²) < 4.78 is 24.8. The lowest BCUT2D eigenvalue weighted by Gasteiger charge is -2.16. The molecule has 5 aromatic rings. The fourth-order valence-electron chi connectivity index (χ4n) is 5.32. The molecular formula is C32H32N4O5. The van der Waals surface area contributed by atoms with Crippen molar-refractivity contribution < 1.29 is 23.7 Å². The average molecular weight is 553 g/mol. The zero-order valence-corrected chi connectivity index (χ0v) is 23.1. The molecule has 1 atom stereocenters. The first-order chi connectivity index (χ1) is 20.0. The molecule has 6 rings (SSSR count). The molecule has 9 nitrogen and oxygen atoms in total. The van der Waals surface area contributed by atoms with E-state index in [1.807, 2.05) is 28.9 Å². The summed E-state index contributed by atoms with van der Waals surface area (Å²) in [5, 5.41) is 7.91. The number of rotatable bonds is 9. The Hall–Kier alpha value is -4.63. The SMILES string of the molecule is CCOC(=O)Cc1ccc(OC)cc1OCc1c2cc(-c3ccc4ccnc(N)c4c3)ccc2nn1C1CCOC1. The van der Waals surface area contributed by atoms with Gasteiger partial charge in [0.15, 0.2) is 0 Å². The lowest BCUT2D eigenvalue weighted by molar-refractivity contribution is -0.142. The number of aromatic nitrogens is 3. The second-order valence-corrected chi connectivity index (χ2v) is 10.0. The molecule has 2 aromatic heterocycles. The molecule has 0 aliphatic carbocycles. The van der Waals surface area contributed by atoms with Crippen LogP contribution in [0.5, 0.6) is 11.5 Å². The van der Waals surface area contributed by atoms with Gasteiger partial charge in [-0.3, -0.25) is 9.48 Å². The molecule has 3 heterocycles. The topological polar surface area (TPSA) is 111 Å². The van der Waals surface area contributed by atoms with Crippen LogP contribution in [0.3, 0.4) is 0 Å². The Labute approximate surface area is 237 Å². The molecule has 0 amide bonds. The third kappa shape index (κ3) is 5.40. The number of pyridine rings is 1. The first-order valence-electron chi connectivity index (χ1n) is 13.7. The van der Waals surface area contributed by atoms with Crippen LogP contribution in [0.25, 0.3) is 32.8 Å². The van der Waals surface area contributed by atoms with E-state index in [1.54, 1.807) is 26.3 Å². The molecule has 2 N–H and O–H groups in total. The Morgan fingerprint density at radius 2 is 1.90 bits per heavy atom. The Kier molecular flexibility index (Phi) is 7.43. The van der Waals surface area contributed by atoms with E-state index in [1.165, 1.54) is 0 Å². The van der Waals surface area contributed by atoms with Gasteiger partial charge in [-0.05, 0) is 60.2 Å². The number of nitrogens with two attached hydrogens (primary N) is 1. The minimum Gasteiger partial charge on any atom is -0.497 e. The summed E-state index contributed by atoms with van der Waals surface area (Å²) >= 11 is 0. The predicted molar refractivity (Wildman–Crippen MR) is 157 cm³/mol. The van der Waals surface area contributed by atoms with Gasteiger partial charge < -0.3 is 24.7 Å². The Bertz CT molecular complexity index is 1720. The van der Waals surface area contributed by atoms with Gasteiger partial charge in [-0.15, -0.1) is 0 Å². The van der Waals surface area contributed by atoms with Gasteiger partial charge in [0.05, 0.1) is 44.0 Å². The fraction of sp³-hybridized carbons (Fsp3) is 0.281. The summed E-state index contributed by atoms with van der Waals surface area (Å²) in [6.45, 7) is 3.65. The smallest absolute Gasteiger partial charge is 0.310 e. The molecule has 3 aromatic carbocycles. The van der Waals surface area contributed by atoms with Crippen LogP contribution in [0.2, 0.25) is 0 Å². The van der Waals surface area contributed by atoms with Gasteiger partial charge >= 0.3 is 5.97 Å². The molecule has 1 saturated heterocycles. The Morgan fingerprint density at radius 1 is 1.07 bits per heavy atom. The van der Waals surface area contributed by atoms with E-state index < -0.39 is 0 Å². The van der Waals surface area contributed by atoms with Crippen LogP contribution in [0.1, 0.15) is 30.6 Å². The number of nitrogens with zero attached hydrogens (tertiary/aromatic N) is 3. The van der Waals surface area contributed by atoms with E-state index in [4.69, 9.17) is 29.8 Å². The number of ether oxygens (including phenoxy) is 4. The second-order valence-electron chi connectivity index (χ2n) is 10.0. The van der Waals surface area contributed by atoms with E-state index in [0.29, 0.717) is 37.1 Å². The van der Waals surface area contributed by atoms with Crippen molar-refractivity contribution in [2.75, 3.05) is 32.7 Å². The molecule has 1 unspecified atom stereocenters. The number of anilines is 1. The molecule has 0 saturated carbocycles. The Balaban J connectivity index is 1.39. The summed E-state index contributed by atoms with van der Waals surface area (Å²) in [5.74, 6) is 1.40. The number of benzene rings is 3. The molecule has 0 radical (unpaired) electrons. The van der Waals surface area contributed by atoms with E-state index in [0.717, 1.165) is 50.5 Å². The second kappa shape index (κ2) is 11.5. The van der Waals surface area contributed by atoms with Crippen molar-refractivity contribution in [1.29, 1.82) is 0 Å². The Morgan fingerprint density at radius 3 is 2.68 bits per heavy atom. The zero-order chi connectivity index (χ0) is 28.3. The number of carbonyl (C=O) groups is 1. The number of fused-ring (bicyclic) bond motifs is 2. The summed E-state index contributed by atoms with van der Waals surface area (Å²) in [7, 11) is 1.60. The maximum atomic E-state index is 12.3. The number of hydrogen-bond donors (Lipinski definition) is 1. The largest absolute Gasteiger partial charge is 0.497 e. The summed E-state index contributed by atoms with van der Waals surface area (Å²) in [4.78, 5) is 16.5. The third-order valence-corrected chi connectivity index (χ3v) is 7.46. The number of esters is 1.